The lowest BCUT2D eigenvalue weighted by molar-refractivity contribution is 0.594. The molecular weight excluding hydrogens is 260 g/mol. The smallest absolute Gasteiger partial charge is 0.148 e. The van der Waals surface area contributed by atoms with Gasteiger partial charge in [0.25, 0.3) is 0 Å². The summed E-state index contributed by atoms with van der Waals surface area (Å²) in [4.78, 5) is 2.38. The second kappa shape index (κ2) is 6.39. The molecule has 1 N–H and O–H groups in total. The van der Waals surface area contributed by atoms with Crippen LogP contribution in [-0.4, -0.2) is 46.6 Å². The highest BCUT2D eigenvalue weighted by Gasteiger charge is 2.15. The molecule has 1 aromatic carbocycles. The van der Waals surface area contributed by atoms with E-state index in [-0.39, 0.29) is 5.75 Å². The average molecular weight is 282 g/mol. The molecule has 1 aromatic rings. The van der Waals surface area contributed by atoms with Crippen LogP contribution in [0, 0.1) is 0 Å². The number of anilines is 1. The fourth-order valence-electron chi connectivity index (χ4n) is 2.44. The molecule has 5 heteroatoms. The quantitative estimate of drug-likeness (QED) is 0.793. The zero-order chi connectivity index (χ0) is 13.7. The summed E-state index contributed by atoms with van der Waals surface area (Å²) in [7, 11) is -2.85. The van der Waals surface area contributed by atoms with Gasteiger partial charge in [-0.1, -0.05) is 18.2 Å². The molecule has 2 rings (SSSR count). The topological polar surface area (TPSA) is 49.4 Å². The van der Waals surface area contributed by atoms with Crippen molar-refractivity contribution in [3.8, 4) is 0 Å². The zero-order valence-corrected chi connectivity index (χ0v) is 12.2. The molecule has 0 spiro atoms. The molecule has 4 nitrogen and oxygen atoms in total. The van der Waals surface area contributed by atoms with E-state index in [1.54, 1.807) is 0 Å². The number of nitrogens with one attached hydrogen (secondary N) is 1. The van der Waals surface area contributed by atoms with Gasteiger partial charge in [0.1, 0.15) is 9.84 Å². The van der Waals surface area contributed by atoms with Crippen molar-refractivity contribution in [2.75, 3.05) is 43.1 Å². The second-order valence-corrected chi connectivity index (χ2v) is 7.36. The predicted octanol–water partition coefficient (Wildman–Crippen LogP) is 1.07. The molecule has 0 fully saturated rings. The minimum absolute atomic E-state index is 0.212. The van der Waals surface area contributed by atoms with Crippen molar-refractivity contribution < 1.29 is 8.42 Å². The Labute approximate surface area is 115 Å². The van der Waals surface area contributed by atoms with E-state index >= 15 is 0 Å². The van der Waals surface area contributed by atoms with Gasteiger partial charge in [-0.2, -0.15) is 0 Å². The molecule has 0 aromatic heterocycles. The van der Waals surface area contributed by atoms with Gasteiger partial charge >= 0.3 is 0 Å². The SMILES string of the molecule is CS(=O)(=O)CCNCCN1CCCc2ccccc21. The number of sulfone groups is 1. The molecular formula is C14H22N2O2S. The van der Waals surface area contributed by atoms with Gasteiger partial charge in [0.05, 0.1) is 5.75 Å². The molecule has 0 aliphatic carbocycles. The van der Waals surface area contributed by atoms with E-state index < -0.39 is 9.84 Å². The lowest BCUT2D eigenvalue weighted by Gasteiger charge is -2.31. The fourth-order valence-corrected chi connectivity index (χ4v) is 2.96. The standard InChI is InChI=1S/C14H22N2O2S/c1-19(17,18)12-9-15-8-11-16-10-4-6-13-5-2-3-7-14(13)16/h2-3,5,7,15H,4,6,8-12H2,1H3. The van der Waals surface area contributed by atoms with Crippen LogP contribution in [-0.2, 0) is 16.3 Å². The van der Waals surface area contributed by atoms with Crippen molar-refractivity contribution in [1.82, 2.24) is 5.32 Å². The largest absolute Gasteiger partial charge is 0.370 e. The number of aryl methyl sites for hydroxylation is 1. The summed E-state index contributed by atoms with van der Waals surface area (Å²) in [6.07, 6.45) is 3.63. The molecule has 1 aliphatic rings. The number of hydrogen-bond donors (Lipinski definition) is 1. The molecule has 19 heavy (non-hydrogen) atoms. The monoisotopic (exact) mass is 282 g/mol. The molecule has 0 unspecified atom stereocenters. The molecule has 0 saturated carbocycles. The van der Waals surface area contributed by atoms with Gasteiger partial charge in [0.15, 0.2) is 0 Å². The molecule has 0 saturated heterocycles. The number of para-hydroxylation sites is 1. The minimum atomic E-state index is -2.85. The van der Waals surface area contributed by atoms with Crippen LogP contribution >= 0.6 is 0 Å². The van der Waals surface area contributed by atoms with Crippen LogP contribution < -0.4 is 10.2 Å². The number of hydrogen-bond acceptors (Lipinski definition) is 4. The van der Waals surface area contributed by atoms with Crippen molar-refractivity contribution in [3.63, 3.8) is 0 Å². The highest BCUT2D eigenvalue weighted by molar-refractivity contribution is 7.90. The molecule has 1 heterocycles. The van der Waals surface area contributed by atoms with Gasteiger partial charge in [-0.25, -0.2) is 8.42 Å². The minimum Gasteiger partial charge on any atom is -0.370 e. The highest BCUT2D eigenvalue weighted by Crippen LogP contribution is 2.25. The Bertz CT molecular complexity index is 514. The summed E-state index contributed by atoms with van der Waals surface area (Å²) in [6, 6.07) is 8.53. The molecule has 1 aliphatic heterocycles. The maximum absolute atomic E-state index is 11.0. The number of nitrogens with zero attached hydrogens (tertiary/aromatic N) is 1. The third-order valence-electron chi connectivity index (χ3n) is 3.41. The first-order valence-corrected chi connectivity index (χ1v) is 8.83. The van der Waals surface area contributed by atoms with Crippen LogP contribution in [0.2, 0.25) is 0 Å². The first-order chi connectivity index (χ1) is 9.06. The van der Waals surface area contributed by atoms with Gasteiger partial charge in [-0.3, -0.25) is 0 Å². The number of rotatable bonds is 6. The van der Waals surface area contributed by atoms with Crippen LogP contribution in [0.25, 0.3) is 0 Å². The van der Waals surface area contributed by atoms with Gasteiger partial charge in [-0.15, -0.1) is 0 Å². The lowest BCUT2D eigenvalue weighted by Crippen LogP contribution is -2.36. The normalized spacial score (nSPS) is 15.3. The molecule has 106 valence electrons. The van der Waals surface area contributed by atoms with Gasteiger partial charge in [-0.05, 0) is 24.5 Å². The summed E-state index contributed by atoms with van der Waals surface area (Å²) in [5.74, 6) is 0.212. The average Bonchev–Trinajstić information content (AvgIpc) is 2.37. The predicted molar refractivity (Wildman–Crippen MR) is 79.6 cm³/mol. The molecule has 0 atom stereocenters. The van der Waals surface area contributed by atoms with Gasteiger partial charge in [0.2, 0.25) is 0 Å². The number of benzene rings is 1. The second-order valence-electron chi connectivity index (χ2n) is 5.10. The van der Waals surface area contributed by atoms with Crippen LogP contribution in [0.5, 0.6) is 0 Å². The van der Waals surface area contributed by atoms with E-state index in [9.17, 15) is 8.42 Å². The highest BCUT2D eigenvalue weighted by atomic mass is 32.2. The number of fused-ring (bicyclic) bond motifs is 1. The lowest BCUT2D eigenvalue weighted by atomic mass is 10.0. The van der Waals surface area contributed by atoms with Crippen LogP contribution in [0.15, 0.2) is 24.3 Å². The Morgan fingerprint density at radius 2 is 2.05 bits per heavy atom. The maximum Gasteiger partial charge on any atom is 0.148 e. The van der Waals surface area contributed by atoms with E-state index in [0.29, 0.717) is 6.54 Å². The van der Waals surface area contributed by atoms with Crippen LogP contribution in [0.3, 0.4) is 0 Å². The van der Waals surface area contributed by atoms with Crippen molar-refractivity contribution in [2.45, 2.75) is 12.8 Å². The van der Waals surface area contributed by atoms with Crippen molar-refractivity contribution in [3.05, 3.63) is 29.8 Å². The Kier molecular flexibility index (Phi) is 4.82. The molecule has 0 amide bonds. The summed E-state index contributed by atoms with van der Waals surface area (Å²) in [6.45, 7) is 3.38. The summed E-state index contributed by atoms with van der Waals surface area (Å²) < 4.78 is 22.0. The van der Waals surface area contributed by atoms with Crippen LogP contribution in [0.1, 0.15) is 12.0 Å². The maximum atomic E-state index is 11.0. The van der Waals surface area contributed by atoms with E-state index in [1.807, 2.05) is 0 Å². The van der Waals surface area contributed by atoms with E-state index in [2.05, 4.69) is 34.5 Å². The Balaban J connectivity index is 1.78. The first-order valence-electron chi connectivity index (χ1n) is 6.77. The van der Waals surface area contributed by atoms with Crippen LogP contribution in [0.4, 0.5) is 5.69 Å². The third kappa shape index (κ3) is 4.51. The fraction of sp³-hybridized carbons (Fsp3) is 0.571. The Morgan fingerprint density at radius 1 is 1.26 bits per heavy atom. The Morgan fingerprint density at radius 3 is 2.84 bits per heavy atom. The van der Waals surface area contributed by atoms with E-state index in [0.717, 1.165) is 26.1 Å². The summed E-state index contributed by atoms with van der Waals surface area (Å²) in [5, 5.41) is 3.20. The van der Waals surface area contributed by atoms with Crippen molar-refractivity contribution in [2.24, 2.45) is 0 Å². The van der Waals surface area contributed by atoms with Crippen molar-refractivity contribution >= 4 is 15.5 Å². The molecule has 0 radical (unpaired) electrons. The van der Waals surface area contributed by atoms with Gasteiger partial charge in [0, 0.05) is 38.1 Å². The summed E-state index contributed by atoms with van der Waals surface area (Å²) in [5.41, 5.74) is 2.75. The van der Waals surface area contributed by atoms with E-state index in [4.69, 9.17) is 0 Å². The zero-order valence-electron chi connectivity index (χ0n) is 11.4. The van der Waals surface area contributed by atoms with Gasteiger partial charge < -0.3 is 10.2 Å². The molecule has 0 bridgehead atoms. The third-order valence-corrected chi connectivity index (χ3v) is 4.36. The first kappa shape index (κ1) is 14.3. The van der Waals surface area contributed by atoms with E-state index in [1.165, 1.54) is 23.9 Å². The Hall–Kier alpha value is -1.07. The van der Waals surface area contributed by atoms with Crippen molar-refractivity contribution in [1.29, 1.82) is 0 Å². The summed E-state index contributed by atoms with van der Waals surface area (Å²) >= 11 is 0.